The summed E-state index contributed by atoms with van der Waals surface area (Å²) in [5, 5.41) is 27.1. The van der Waals surface area contributed by atoms with Crippen LogP contribution in [0.25, 0.3) is 11.3 Å². The van der Waals surface area contributed by atoms with Crippen LogP contribution in [0.4, 0.5) is 5.69 Å². The molecule has 2 aromatic carbocycles. The number of phenolic OH excluding ortho intramolecular Hbond substituents is 1. The molecule has 0 saturated heterocycles. The Morgan fingerprint density at radius 3 is 2.84 bits per heavy atom. The number of thioether (sulfide) groups is 1. The van der Waals surface area contributed by atoms with Gasteiger partial charge in [0, 0.05) is 27.6 Å². The molecule has 160 valence electrons. The van der Waals surface area contributed by atoms with Gasteiger partial charge in [-0.3, -0.25) is 14.9 Å². The summed E-state index contributed by atoms with van der Waals surface area (Å²) in [6, 6.07) is 9.79. The van der Waals surface area contributed by atoms with E-state index in [9.17, 15) is 20.0 Å². The van der Waals surface area contributed by atoms with Crippen molar-refractivity contribution in [3.8, 4) is 22.8 Å². The van der Waals surface area contributed by atoms with E-state index in [0.717, 1.165) is 21.7 Å². The number of thiazole rings is 1. The molecule has 0 aliphatic heterocycles. The predicted molar refractivity (Wildman–Crippen MR) is 120 cm³/mol. The monoisotopic (exact) mass is 478 g/mol. The third-order valence-corrected chi connectivity index (χ3v) is 6.12. The number of phenols is 1. The Hall–Kier alpha value is -3.15. The average molecular weight is 479 g/mol. The van der Waals surface area contributed by atoms with Crippen molar-refractivity contribution < 1.29 is 19.6 Å². The van der Waals surface area contributed by atoms with Crippen LogP contribution < -0.4 is 10.2 Å². The van der Waals surface area contributed by atoms with E-state index in [-0.39, 0.29) is 23.0 Å². The number of hydrazone groups is 1. The first-order valence-corrected chi connectivity index (χ1v) is 10.8. The van der Waals surface area contributed by atoms with Gasteiger partial charge in [0.25, 0.3) is 5.91 Å². The molecule has 3 aromatic rings. The van der Waals surface area contributed by atoms with Crippen LogP contribution in [0.3, 0.4) is 0 Å². The molecule has 1 amide bonds. The van der Waals surface area contributed by atoms with E-state index < -0.39 is 16.4 Å². The Balaban J connectivity index is 1.56. The summed E-state index contributed by atoms with van der Waals surface area (Å²) in [5.74, 6) is -0.932. The first kappa shape index (κ1) is 22.5. The molecule has 0 aliphatic rings. The van der Waals surface area contributed by atoms with Crippen LogP contribution in [0, 0.1) is 10.1 Å². The molecule has 0 fully saturated rings. The van der Waals surface area contributed by atoms with Crippen molar-refractivity contribution in [2.75, 3.05) is 12.9 Å². The summed E-state index contributed by atoms with van der Waals surface area (Å²) < 4.78 is 5.64. The van der Waals surface area contributed by atoms with E-state index in [1.165, 1.54) is 42.5 Å². The largest absolute Gasteiger partial charge is 0.500 e. The molecule has 31 heavy (non-hydrogen) atoms. The van der Waals surface area contributed by atoms with Gasteiger partial charge in [0.05, 0.1) is 29.7 Å². The maximum atomic E-state index is 12.0. The molecule has 9 nitrogen and oxygen atoms in total. The smallest absolute Gasteiger partial charge is 0.315 e. The predicted octanol–water partition coefficient (Wildman–Crippen LogP) is 4.33. The highest BCUT2D eigenvalue weighted by Crippen LogP contribution is 2.36. The van der Waals surface area contributed by atoms with Gasteiger partial charge in [-0.25, -0.2) is 10.4 Å². The van der Waals surface area contributed by atoms with Gasteiger partial charge < -0.3 is 9.84 Å². The van der Waals surface area contributed by atoms with E-state index in [2.05, 4.69) is 15.5 Å². The Morgan fingerprint density at radius 1 is 1.42 bits per heavy atom. The van der Waals surface area contributed by atoms with E-state index >= 15 is 0 Å². The summed E-state index contributed by atoms with van der Waals surface area (Å²) in [7, 11) is 1.27. The van der Waals surface area contributed by atoms with Crippen molar-refractivity contribution in [3.63, 3.8) is 0 Å². The average Bonchev–Trinajstić information content (AvgIpc) is 3.22. The number of rotatable bonds is 8. The lowest BCUT2D eigenvalue weighted by Crippen LogP contribution is -2.19. The van der Waals surface area contributed by atoms with Crippen LogP contribution in [0.2, 0.25) is 5.02 Å². The molecule has 0 spiro atoms. The molecule has 12 heteroatoms. The maximum absolute atomic E-state index is 12.0. The lowest BCUT2D eigenvalue weighted by molar-refractivity contribution is -0.386. The van der Waals surface area contributed by atoms with Crippen LogP contribution in [0.15, 0.2) is 51.2 Å². The van der Waals surface area contributed by atoms with Crippen molar-refractivity contribution in [1.29, 1.82) is 0 Å². The van der Waals surface area contributed by atoms with Gasteiger partial charge in [0.2, 0.25) is 5.75 Å². The van der Waals surface area contributed by atoms with Crippen LogP contribution in [-0.4, -0.2) is 40.0 Å². The zero-order valence-corrected chi connectivity index (χ0v) is 18.3. The van der Waals surface area contributed by atoms with Gasteiger partial charge in [0.15, 0.2) is 10.1 Å². The van der Waals surface area contributed by atoms with Crippen LogP contribution in [-0.2, 0) is 4.79 Å². The van der Waals surface area contributed by atoms with E-state index in [1.807, 2.05) is 17.5 Å². The fourth-order valence-corrected chi connectivity index (χ4v) is 4.15. The molecule has 0 unspecified atom stereocenters. The molecule has 0 aliphatic carbocycles. The van der Waals surface area contributed by atoms with Gasteiger partial charge >= 0.3 is 5.69 Å². The van der Waals surface area contributed by atoms with E-state index in [4.69, 9.17) is 16.3 Å². The number of hydrogen-bond donors (Lipinski definition) is 2. The molecular weight excluding hydrogens is 464 g/mol. The first-order valence-electron chi connectivity index (χ1n) is 8.59. The zero-order chi connectivity index (χ0) is 22.4. The van der Waals surface area contributed by atoms with Gasteiger partial charge in [-0.15, -0.1) is 11.3 Å². The molecule has 0 saturated carbocycles. The number of nitrogens with one attached hydrogen (secondary N) is 1. The van der Waals surface area contributed by atoms with Crippen LogP contribution in [0.1, 0.15) is 5.56 Å². The second kappa shape index (κ2) is 10.2. The number of nitrogens with zero attached hydrogens (tertiary/aromatic N) is 3. The second-order valence-corrected chi connectivity index (χ2v) is 8.45. The highest BCUT2D eigenvalue weighted by molar-refractivity contribution is 8.01. The Kier molecular flexibility index (Phi) is 7.45. The second-order valence-electron chi connectivity index (χ2n) is 5.94. The molecule has 0 radical (unpaired) electrons. The SMILES string of the molecule is COc1cc(/C=N/NC(=O)CSc2nc(-c3ccc(Cl)cc3)cs2)cc([N+](=O)[O-])c1O. The highest BCUT2D eigenvalue weighted by Gasteiger charge is 2.19. The number of methoxy groups -OCH3 is 1. The number of benzene rings is 2. The standard InChI is InChI=1S/C19H15ClN4O5S2/c1-29-16-7-11(6-15(18(16)26)24(27)28)8-21-23-17(25)10-31-19-22-14(9-30-19)12-2-4-13(20)5-3-12/h2-9,26H,10H2,1H3,(H,23,25)/b21-8+. The minimum atomic E-state index is -0.739. The number of nitro benzene ring substituents is 1. The minimum absolute atomic E-state index is 0.0715. The fourth-order valence-electron chi connectivity index (χ4n) is 2.40. The fraction of sp³-hybridized carbons (Fsp3) is 0.105. The summed E-state index contributed by atoms with van der Waals surface area (Å²) >= 11 is 8.57. The van der Waals surface area contributed by atoms with E-state index in [1.54, 1.807) is 12.1 Å². The molecule has 0 bridgehead atoms. The molecule has 0 atom stereocenters. The molecule has 1 aromatic heterocycles. The summed E-state index contributed by atoms with van der Waals surface area (Å²) in [4.78, 5) is 26.8. The van der Waals surface area contributed by atoms with Crippen molar-refractivity contribution in [2.24, 2.45) is 5.10 Å². The van der Waals surface area contributed by atoms with E-state index in [0.29, 0.717) is 5.02 Å². The number of nitro groups is 1. The zero-order valence-electron chi connectivity index (χ0n) is 15.9. The summed E-state index contributed by atoms with van der Waals surface area (Å²) in [5.41, 5.74) is 3.83. The van der Waals surface area contributed by atoms with Gasteiger partial charge in [-0.2, -0.15) is 5.10 Å². The van der Waals surface area contributed by atoms with Gasteiger partial charge in [0.1, 0.15) is 0 Å². The normalized spacial score (nSPS) is 10.9. The van der Waals surface area contributed by atoms with Crippen molar-refractivity contribution in [1.82, 2.24) is 10.4 Å². The van der Waals surface area contributed by atoms with Crippen LogP contribution >= 0.6 is 34.7 Å². The molecule has 3 rings (SSSR count). The third kappa shape index (κ3) is 5.94. The number of halogens is 1. The third-order valence-electron chi connectivity index (χ3n) is 3.85. The van der Waals surface area contributed by atoms with Crippen molar-refractivity contribution in [2.45, 2.75) is 4.34 Å². The lowest BCUT2D eigenvalue weighted by Gasteiger charge is -2.05. The quantitative estimate of drug-likeness (QED) is 0.213. The maximum Gasteiger partial charge on any atom is 0.315 e. The Morgan fingerprint density at radius 2 is 2.16 bits per heavy atom. The number of amides is 1. The van der Waals surface area contributed by atoms with Crippen LogP contribution in [0.5, 0.6) is 11.5 Å². The van der Waals surface area contributed by atoms with Gasteiger partial charge in [-0.05, 0) is 18.2 Å². The summed E-state index contributed by atoms with van der Waals surface area (Å²) in [6.07, 6.45) is 1.22. The number of carbonyl (C=O) groups excluding carboxylic acids is 1. The molecule has 1 heterocycles. The lowest BCUT2D eigenvalue weighted by atomic mass is 10.2. The highest BCUT2D eigenvalue weighted by atomic mass is 35.5. The number of aromatic nitrogens is 1. The number of hydrogen-bond acceptors (Lipinski definition) is 9. The number of aromatic hydroxyl groups is 1. The minimum Gasteiger partial charge on any atom is -0.500 e. The summed E-state index contributed by atoms with van der Waals surface area (Å²) in [6.45, 7) is 0. The van der Waals surface area contributed by atoms with Gasteiger partial charge in [-0.1, -0.05) is 35.5 Å². The molecule has 2 N–H and O–H groups in total. The first-order chi connectivity index (χ1) is 14.9. The Labute approximate surface area is 189 Å². The van der Waals surface area contributed by atoms with Crippen molar-refractivity contribution >= 4 is 52.5 Å². The van der Waals surface area contributed by atoms with Crippen molar-refractivity contribution in [3.05, 3.63) is 62.5 Å². The number of carbonyl (C=O) groups is 1. The molecular formula is C19H15ClN4O5S2. The number of ether oxygens (including phenoxy) is 1. The Bertz CT molecular complexity index is 1130. The topological polar surface area (TPSA) is 127 Å².